The third-order valence-corrected chi connectivity index (χ3v) is 4.70. The third kappa shape index (κ3) is 3.36. The molecule has 1 amide bonds. The molecular weight excluding hydrogens is 323 g/mol. The van der Waals surface area contributed by atoms with Crippen LogP contribution in [-0.2, 0) is 17.8 Å². The van der Waals surface area contributed by atoms with Gasteiger partial charge in [0.25, 0.3) is 5.91 Å². The summed E-state index contributed by atoms with van der Waals surface area (Å²) in [6, 6.07) is 12.7. The number of rotatable bonds is 4. The van der Waals surface area contributed by atoms with E-state index in [0.29, 0.717) is 16.9 Å². The van der Waals surface area contributed by atoms with Crippen molar-refractivity contribution in [1.82, 2.24) is 4.57 Å². The highest BCUT2D eigenvalue weighted by Gasteiger charge is 2.11. The van der Waals surface area contributed by atoms with Gasteiger partial charge in [-0.1, -0.05) is 53.3 Å². The van der Waals surface area contributed by atoms with Crippen molar-refractivity contribution in [2.45, 2.75) is 19.9 Å². The van der Waals surface area contributed by atoms with Gasteiger partial charge in [-0.25, -0.2) is 4.39 Å². The Bertz CT molecular complexity index is 967. The van der Waals surface area contributed by atoms with E-state index in [2.05, 4.69) is 11.6 Å². The number of benzene rings is 2. The molecule has 2 aromatic carbocycles. The van der Waals surface area contributed by atoms with Crippen LogP contribution >= 0.6 is 11.3 Å². The van der Waals surface area contributed by atoms with Crippen molar-refractivity contribution in [3.05, 3.63) is 76.9 Å². The number of hydrogen-bond donors (Lipinski definition) is 0. The van der Waals surface area contributed by atoms with Crippen LogP contribution in [0.25, 0.3) is 10.2 Å². The summed E-state index contributed by atoms with van der Waals surface area (Å²) in [6.07, 6.45) is 1.90. The molecule has 0 atom stereocenters. The molecule has 1 heterocycles. The Hall–Kier alpha value is -2.53. The number of carbonyl (C=O) groups excluding carboxylic acids is 1. The number of halogens is 1. The number of aryl methyl sites for hydroxylation is 1. The maximum Gasteiger partial charge on any atom is 0.252 e. The molecule has 0 radical (unpaired) electrons. The minimum absolute atomic E-state index is 0.227. The van der Waals surface area contributed by atoms with Gasteiger partial charge in [0.05, 0.1) is 16.6 Å². The number of thiazole rings is 1. The number of carbonyl (C=O) groups is 1. The van der Waals surface area contributed by atoms with E-state index in [-0.39, 0.29) is 18.1 Å². The highest BCUT2D eigenvalue weighted by molar-refractivity contribution is 7.16. The number of fused-ring (bicyclic) bond motifs is 1. The molecule has 0 aliphatic heterocycles. The average molecular weight is 340 g/mol. The number of para-hydroxylation sites is 1. The van der Waals surface area contributed by atoms with Gasteiger partial charge in [0.2, 0.25) is 0 Å². The van der Waals surface area contributed by atoms with Gasteiger partial charge >= 0.3 is 0 Å². The van der Waals surface area contributed by atoms with Crippen LogP contribution in [0.2, 0.25) is 0 Å². The lowest BCUT2D eigenvalue weighted by atomic mass is 10.1. The number of nitrogens with zero attached hydrogens (tertiary/aromatic N) is 2. The molecule has 0 aliphatic carbocycles. The van der Waals surface area contributed by atoms with Crippen molar-refractivity contribution in [2.24, 2.45) is 4.99 Å². The van der Waals surface area contributed by atoms with Crippen molar-refractivity contribution in [3.63, 3.8) is 0 Å². The van der Waals surface area contributed by atoms with Crippen LogP contribution in [0.3, 0.4) is 0 Å². The first kappa shape index (κ1) is 16.3. The zero-order chi connectivity index (χ0) is 17.1. The van der Waals surface area contributed by atoms with Gasteiger partial charge in [-0.15, -0.1) is 6.58 Å². The monoisotopic (exact) mass is 340 g/mol. The first-order valence-electron chi connectivity index (χ1n) is 7.60. The van der Waals surface area contributed by atoms with E-state index in [4.69, 9.17) is 0 Å². The molecule has 0 unspecified atom stereocenters. The Labute approximate surface area is 143 Å². The SMILES string of the molecule is C=CCn1c(=NC(=O)Cc2ccc(C)cc2)sc2cccc(F)c21. The van der Waals surface area contributed by atoms with Crippen molar-refractivity contribution in [1.29, 1.82) is 0 Å². The zero-order valence-electron chi connectivity index (χ0n) is 13.3. The van der Waals surface area contributed by atoms with Crippen LogP contribution < -0.4 is 4.80 Å². The second kappa shape index (κ2) is 6.93. The van der Waals surface area contributed by atoms with Gasteiger partial charge in [0.1, 0.15) is 5.82 Å². The van der Waals surface area contributed by atoms with E-state index in [9.17, 15) is 9.18 Å². The topological polar surface area (TPSA) is 34.4 Å². The van der Waals surface area contributed by atoms with Gasteiger partial charge in [-0.3, -0.25) is 4.79 Å². The molecule has 0 fully saturated rings. The largest absolute Gasteiger partial charge is 0.310 e. The zero-order valence-corrected chi connectivity index (χ0v) is 14.1. The van der Waals surface area contributed by atoms with Crippen LogP contribution in [0, 0.1) is 12.7 Å². The summed E-state index contributed by atoms with van der Waals surface area (Å²) in [5.74, 6) is -0.568. The van der Waals surface area contributed by atoms with Crippen molar-refractivity contribution < 1.29 is 9.18 Å². The molecule has 0 aliphatic rings. The standard InChI is InChI=1S/C19H17FN2OS/c1-3-11-22-18-15(20)5-4-6-16(18)24-19(22)21-17(23)12-14-9-7-13(2)8-10-14/h3-10H,1,11-12H2,2H3. The van der Waals surface area contributed by atoms with Gasteiger partial charge in [-0.2, -0.15) is 4.99 Å². The summed E-state index contributed by atoms with van der Waals surface area (Å²) in [4.78, 5) is 17.0. The summed E-state index contributed by atoms with van der Waals surface area (Å²) < 4.78 is 16.6. The van der Waals surface area contributed by atoms with E-state index < -0.39 is 0 Å². The quantitative estimate of drug-likeness (QED) is 0.661. The number of hydrogen-bond acceptors (Lipinski definition) is 2. The van der Waals surface area contributed by atoms with E-state index in [1.807, 2.05) is 37.3 Å². The molecule has 1 aromatic heterocycles. The minimum atomic E-state index is -0.321. The molecule has 24 heavy (non-hydrogen) atoms. The third-order valence-electron chi connectivity index (χ3n) is 3.66. The molecule has 0 saturated heterocycles. The lowest BCUT2D eigenvalue weighted by Gasteiger charge is -2.02. The fraction of sp³-hybridized carbons (Fsp3) is 0.158. The summed E-state index contributed by atoms with van der Waals surface area (Å²) in [5.41, 5.74) is 2.52. The predicted molar refractivity (Wildman–Crippen MR) is 95.4 cm³/mol. The summed E-state index contributed by atoms with van der Waals surface area (Å²) in [6.45, 7) is 6.10. The fourth-order valence-electron chi connectivity index (χ4n) is 2.50. The Balaban J connectivity index is 2.01. The number of aromatic nitrogens is 1. The maximum absolute atomic E-state index is 14.1. The van der Waals surface area contributed by atoms with E-state index >= 15 is 0 Å². The highest BCUT2D eigenvalue weighted by atomic mass is 32.1. The van der Waals surface area contributed by atoms with Crippen LogP contribution in [0.4, 0.5) is 4.39 Å². The Morgan fingerprint density at radius 3 is 2.75 bits per heavy atom. The van der Waals surface area contributed by atoms with E-state index in [0.717, 1.165) is 15.8 Å². The highest BCUT2D eigenvalue weighted by Crippen LogP contribution is 2.20. The van der Waals surface area contributed by atoms with Gasteiger partial charge in [0.15, 0.2) is 4.80 Å². The van der Waals surface area contributed by atoms with Gasteiger partial charge in [-0.05, 0) is 24.6 Å². The Morgan fingerprint density at radius 2 is 2.04 bits per heavy atom. The molecule has 0 spiro atoms. The second-order valence-electron chi connectivity index (χ2n) is 5.54. The molecule has 5 heteroatoms. The molecular formula is C19H17FN2OS. The first-order chi connectivity index (χ1) is 11.6. The summed E-state index contributed by atoms with van der Waals surface area (Å²) >= 11 is 1.31. The van der Waals surface area contributed by atoms with Crippen molar-refractivity contribution in [2.75, 3.05) is 0 Å². The fourth-order valence-corrected chi connectivity index (χ4v) is 3.57. The van der Waals surface area contributed by atoms with Gasteiger partial charge < -0.3 is 4.57 Å². The normalized spacial score (nSPS) is 11.8. The molecule has 0 N–H and O–H groups in total. The second-order valence-corrected chi connectivity index (χ2v) is 6.55. The average Bonchev–Trinajstić information content (AvgIpc) is 2.89. The lowest BCUT2D eigenvalue weighted by molar-refractivity contribution is -0.117. The summed E-state index contributed by atoms with van der Waals surface area (Å²) in [5, 5.41) is 0. The molecule has 3 rings (SSSR count). The van der Waals surface area contributed by atoms with Crippen LogP contribution in [0.1, 0.15) is 11.1 Å². The van der Waals surface area contributed by atoms with Crippen LogP contribution in [-0.4, -0.2) is 10.5 Å². The van der Waals surface area contributed by atoms with Crippen LogP contribution in [0.5, 0.6) is 0 Å². The van der Waals surface area contributed by atoms with Gasteiger partial charge in [0, 0.05) is 6.54 Å². The molecule has 122 valence electrons. The van der Waals surface area contributed by atoms with E-state index in [1.54, 1.807) is 16.7 Å². The smallest absolute Gasteiger partial charge is 0.252 e. The molecule has 3 aromatic rings. The lowest BCUT2D eigenvalue weighted by Crippen LogP contribution is -2.17. The Kier molecular flexibility index (Phi) is 4.71. The Morgan fingerprint density at radius 1 is 1.29 bits per heavy atom. The summed E-state index contributed by atoms with van der Waals surface area (Å²) in [7, 11) is 0. The van der Waals surface area contributed by atoms with E-state index in [1.165, 1.54) is 17.4 Å². The van der Waals surface area contributed by atoms with Crippen molar-refractivity contribution in [3.8, 4) is 0 Å². The molecule has 0 saturated carbocycles. The molecule has 3 nitrogen and oxygen atoms in total. The van der Waals surface area contributed by atoms with Crippen molar-refractivity contribution >= 4 is 27.5 Å². The number of allylic oxidation sites excluding steroid dienone is 1. The van der Waals surface area contributed by atoms with Crippen LogP contribution in [0.15, 0.2) is 60.1 Å². The first-order valence-corrected chi connectivity index (χ1v) is 8.42. The maximum atomic E-state index is 14.1. The molecule has 0 bridgehead atoms. The predicted octanol–water partition coefficient (Wildman–Crippen LogP) is 4.01. The number of amides is 1. The minimum Gasteiger partial charge on any atom is -0.310 e.